The Bertz CT molecular complexity index is 372. The Morgan fingerprint density at radius 3 is 2.35 bits per heavy atom. The van der Waals surface area contributed by atoms with Gasteiger partial charge in [0.2, 0.25) is 0 Å². The van der Waals surface area contributed by atoms with E-state index in [1.54, 1.807) is 0 Å². The molecule has 1 fully saturated rings. The zero-order valence-corrected chi connectivity index (χ0v) is 13.3. The molecule has 2 rings (SSSR count). The number of rotatable bonds is 9. The summed E-state index contributed by atoms with van der Waals surface area (Å²) in [6.07, 6.45) is 5.18. The van der Waals surface area contributed by atoms with E-state index in [0.29, 0.717) is 12.1 Å². The molecule has 2 nitrogen and oxygen atoms in total. The van der Waals surface area contributed by atoms with Crippen LogP contribution in [0.4, 0.5) is 0 Å². The fraction of sp³-hybridized carbons (Fsp3) is 0.667. The van der Waals surface area contributed by atoms with Crippen molar-refractivity contribution in [3.8, 4) is 0 Å². The van der Waals surface area contributed by atoms with Gasteiger partial charge in [-0.15, -0.1) is 0 Å². The minimum absolute atomic E-state index is 0.460. The molecule has 1 saturated carbocycles. The maximum Gasteiger partial charge on any atom is 0.0478 e. The molecule has 1 N–H and O–H groups in total. The van der Waals surface area contributed by atoms with Crippen molar-refractivity contribution in [3.63, 3.8) is 0 Å². The Balaban J connectivity index is 2.18. The molecule has 0 radical (unpaired) electrons. The molecule has 1 aliphatic rings. The second-order valence-corrected chi connectivity index (χ2v) is 5.88. The molecule has 20 heavy (non-hydrogen) atoms. The van der Waals surface area contributed by atoms with Crippen LogP contribution in [0.5, 0.6) is 0 Å². The fourth-order valence-corrected chi connectivity index (χ4v) is 3.27. The standard InChI is InChI=1S/C18H30N2/c1-4-14-19-18(15-10-8-7-9-11-15)17(5-2)20(6-3)16-12-13-16/h7-11,16-19H,4-6,12-14H2,1-3H3. The minimum atomic E-state index is 0.460. The van der Waals surface area contributed by atoms with Crippen LogP contribution in [0.2, 0.25) is 0 Å². The van der Waals surface area contributed by atoms with Crippen LogP contribution in [0.3, 0.4) is 0 Å². The van der Waals surface area contributed by atoms with E-state index in [4.69, 9.17) is 0 Å². The first kappa shape index (κ1) is 15.5. The third-order valence-electron chi connectivity index (χ3n) is 4.38. The molecule has 1 aliphatic carbocycles. The highest BCUT2D eigenvalue weighted by molar-refractivity contribution is 5.21. The van der Waals surface area contributed by atoms with E-state index >= 15 is 0 Å². The summed E-state index contributed by atoms with van der Waals surface area (Å²) in [5.74, 6) is 0. The van der Waals surface area contributed by atoms with Gasteiger partial charge in [0.05, 0.1) is 0 Å². The summed E-state index contributed by atoms with van der Waals surface area (Å²) in [6.45, 7) is 9.15. The molecular weight excluding hydrogens is 244 g/mol. The summed E-state index contributed by atoms with van der Waals surface area (Å²) in [5, 5.41) is 3.79. The zero-order valence-electron chi connectivity index (χ0n) is 13.3. The lowest BCUT2D eigenvalue weighted by Crippen LogP contribution is -2.45. The van der Waals surface area contributed by atoms with Crippen molar-refractivity contribution < 1.29 is 0 Å². The van der Waals surface area contributed by atoms with Gasteiger partial charge in [0.25, 0.3) is 0 Å². The van der Waals surface area contributed by atoms with Crippen LogP contribution in [-0.4, -0.2) is 30.1 Å². The molecule has 0 heterocycles. The van der Waals surface area contributed by atoms with E-state index in [9.17, 15) is 0 Å². The molecule has 2 atom stereocenters. The highest BCUT2D eigenvalue weighted by atomic mass is 15.2. The molecule has 0 bridgehead atoms. The molecular formula is C18H30N2. The minimum Gasteiger partial charge on any atom is -0.309 e. The summed E-state index contributed by atoms with van der Waals surface area (Å²) in [5.41, 5.74) is 1.44. The Labute approximate surface area is 124 Å². The Hall–Kier alpha value is -0.860. The summed E-state index contributed by atoms with van der Waals surface area (Å²) in [6, 6.07) is 12.9. The first-order chi connectivity index (χ1) is 9.81. The summed E-state index contributed by atoms with van der Waals surface area (Å²) >= 11 is 0. The van der Waals surface area contributed by atoms with E-state index in [0.717, 1.165) is 12.6 Å². The third kappa shape index (κ3) is 3.83. The van der Waals surface area contributed by atoms with E-state index in [1.165, 1.54) is 37.8 Å². The van der Waals surface area contributed by atoms with Crippen LogP contribution in [0.1, 0.15) is 58.1 Å². The van der Waals surface area contributed by atoms with Crippen molar-refractivity contribution in [2.75, 3.05) is 13.1 Å². The fourth-order valence-electron chi connectivity index (χ4n) is 3.27. The Morgan fingerprint density at radius 2 is 1.85 bits per heavy atom. The third-order valence-corrected chi connectivity index (χ3v) is 4.38. The van der Waals surface area contributed by atoms with Crippen LogP contribution in [-0.2, 0) is 0 Å². The second-order valence-electron chi connectivity index (χ2n) is 5.88. The van der Waals surface area contributed by atoms with Gasteiger partial charge in [0.15, 0.2) is 0 Å². The predicted octanol–water partition coefficient (Wildman–Crippen LogP) is 3.99. The van der Waals surface area contributed by atoms with Gasteiger partial charge in [0, 0.05) is 18.1 Å². The van der Waals surface area contributed by atoms with Crippen LogP contribution < -0.4 is 5.32 Å². The van der Waals surface area contributed by atoms with Gasteiger partial charge in [-0.3, -0.25) is 4.90 Å². The molecule has 0 aromatic heterocycles. The SMILES string of the molecule is CCCNC(c1ccccc1)C(CC)N(CC)C1CC1. The van der Waals surface area contributed by atoms with Gasteiger partial charge in [0.1, 0.15) is 0 Å². The second kappa shape index (κ2) is 7.80. The van der Waals surface area contributed by atoms with E-state index in [-0.39, 0.29) is 0 Å². The summed E-state index contributed by atoms with van der Waals surface area (Å²) in [7, 11) is 0. The lowest BCUT2D eigenvalue weighted by atomic mass is 9.95. The van der Waals surface area contributed by atoms with Crippen molar-refractivity contribution in [3.05, 3.63) is 35.9 Å². The first-order valence-electron chi connectivity index (χ1n) is 8.35. The van der Waals surface area contributed by atoms with E-state index in [2.05, 4.69) is 61.3 Å². The van der Waals surface area contributed by atoms with Gasteiger partial charge in [-0.25, -0.2) is 0 Å². The number of nitrogens with one attached hydrogen (secondary N) is 1. The topological polar surface area (TPSA) is 15.3 Å². The van der Waals surface area contributed by atoms with E-state index in [1.807, 2.05) is 0 Å². The Morgan fingerprint density at radius 1 is 1.15 bits per heavy atom. The normalized spacial score (nSPS) is 18.2. The number of likely N-dealkylation sites (N-methyl/N-ethyl adjacent to an activating group) is 1. The van der Waals surface area contributed by atoms with Gasteiger partial charge >= 0.3 is 0 Å². The van der Waals surface area contributed by atoms with Gasteiger partial charge in [-0.1, -0.05) is 51.1 Å². The Kier molecular flexibility index (Phi) is 6.06. The molecule has 0 saturated heterocycles. The molecule has 1 aromatic carbocycles. The van der Waals surface area contributed by atoms with Crippen LogP contribution in [0, 0.1) is 0 Å². The number of benzene rings is 1. The average Bonchev–Trinajstić information content (AvgIpc) is 3.32. The van der Waals surface area contributed by atoms with Crippen LogP contribution in [0.25, 0.3) is 0 Å². The van der Waals surface area contributed by atoms with Crippen molar-refractivity contribution in [2.45, 2.75) is 64.6 Å². The number of hydrogen-bond acceptors (Lipinski definition) is 2. The monoisotopic (exact) mass is 274 g/mol. The molecule has 112 valence electrons. The van der Waals surface area contributed by atoms with Crippen molar-refractivity contribution in [1.29, 1.82) is 0 Å². The van der Waals surface area contributed by atoms with Crippen molar-refractivity contribution >= 4 is 0 Å². The molecule has 0 aliphatic heterocycles. The van der Waals surface area contributed by atoms with Crippen LogP contribution >= 0.6 is 0 Å². The average molecular weight is 274 g/mol. The molecule has 2 unspecified atom stereocenters. The largest absolute Gasteiger partial charge is 0.309 e. The number of hydrogen-bond donors (Lipinski definition) is 1. The number of nitrogens with zero attached hydrogens (tertiary/aromatic N) is 1. The van der Waals surface area contributed by atoms with E-state index < -0.39 is 0 Å². The summed E-state index contributed by atoms with van der Waals surface area (Å²) in [4.78, 5) is 2.72. The smallest absolute Gasteiger partial charge is 0.0478 e. The quantitative estimate of drug-likeness (QED) is 0.732. The van der Waals surface area contributed by atoms with Crippen LogP contribution in [0.15, 0.2) is 30.3 Å². The maximum atomic E-state index is 3.79. The zero-order chi connectivity index (χ0) is 14.4. The predicted molar refractivity (Wildman–Crippen MR) is 87.0 cm³/mol. The van der Waals surface area contributed by atoms with Crippen molar-refractivity contribution in [1.82, 2.24) is 10.2 Å². The lowest BCUT2D eigenvalue weighted by molar-refractivity contribution is 0.149. The van der Waals surface area contributed by atoms with Crippen molar-refractivity contribution in [2.24, 2.45) is 0 Å². The first-order valence-corrected chi connectivity index (χ1v) is 8.35. The maximum absolute atomic E-state index is 3.79. The summed E-state index contributed by atoms with van der Waals surface area (Å²) < 4.78 is 0. The molecule has 0 spiro atoms. The lowest BCUT2D eigenvalue weighted by Gasteiger charge is -2.37. The highest BCUT2D eigenvalue weighted by Crippen LogP contribution is 2.33. The van der Waals surface area contributed by atoms with Gasteiger partial charge in [-0.05, 0) is 44.3 Å². The molecule has 2 heteroatoms. The molecule has 1 aromatic rings. The van der Waals surface area contributed by atoms with Gasteiger partial charge in [-0.2, -0.15) is 0 Å². The highest BCUT2D eigenvalue weighted by Gasteiger charge is 2.35. The molecule has 0 amide bonds. The van der Waals surface area contributed by atoms with Gasteiger partial charge < -0.3 is 5.32 Å².